The van der Waals surface area contributed by atoms with Crippen LogP contribution in [0.2, 0.25) is 0 Å². The van der Waals surface area contributed by atoms with E-state index in [0.29, 0.717) is 35.5 Å². The fourth-order valence-electron chi connectivity index (χ4n) is 5.76. The molecule has 2 aliphatic carbocycles. The maximum absolute atomic E-state index is 10.9. The first kappa shape index (κ1) is 25.2. The van der Waals surface area contributed by atoms with Gasteiger partial charge in [0, 0.05) is 6.42 Å². The molecule has 3 heteroatoms. The van der Waals surface area contributed by atoms with E-state index in [4.69, 9.17) is 5.11 Å². The molecule has 0 radical (unpaired) electrons. The molecule has 2 aliphatic rings. The van der Waals surface area contributed by atoms with Crippen molar-refractivity contribution in [1.29, 1.82) is 0 Å². The third-order valence-corrected chi connectivity index (χ3v) is 7.89. The van der Waals surface area contributed by atoms with Crippen molar-refractivity contribution < 1.29 is 15.3 Å². The van der Waals surface area contributed by atoms with Crippen LogP contribution in [0.15, 0.2) is 60.7 Å². The van der Waals surface area contributed by atoms with Gasteiger partial charge in [0.1, 0.15) is 17.2 Å². The van der Waals surface area contributed by atoms with Gasteiger partial charge < -0.3 is 15.3 Å². The SMILES string of the molecule is Cc1ccccc1O.Oc1c(Cc2cccc(C3CCCCC3)c2O)cccc1C1CCCCC1. The smallest absolute Gasteiger partial charge is 0.122 e. The molecule has 5 rings (SSSR count). The minimum absolute atomic E-state index is 0.368. The second kappa shape index (κ2) is 12.2. The Balaban J connectivity index is 0.000000308. The van der Waals surface area contributed by atoms with Crippen LogP contribution in [0.5, 0.6) is 17.2 Å². The molecule has 3 nitrogen and oxygen atoms in total. The number of phenols is 3. The predicted octanol–water partition coefficient (Wildman–Crippen LogP) is 8.48. The number of aryl methyl sites for hydroxylation is 1. The third-order valence-electron chi connectivity index (χ3n) is 7.89. The van der Waals surface area contributed by atoms with E-state index in [-0.39, 0.29) is 0 Å². The van der Waals surface area contributed by atoms with E-state index in [0.717, 1.165) is 27.8 Å². The van der Waals surface area contributed by atoms with Gasteiger partial charge in [0.25, 0.3) is 0 Å². The van der Waals surface area contributed by atoms with Gasteiger partial charge in [-0.2, -0.15) is 0 Å². The molecule has 0 amide bonds. The van der Waals surface area contributed by atoms with E-state index < -0.39 is 0 Å². The lowest BCUT2D eigenvalue weighted by molar-refractivity contribution is 0.408. The Labute approximate surface area is 210 Å². The van der Waals surface area contributed by atoms with E-state index in [2.05, 4.69) is 24.3 Å². The van der Waals surface area contributed by atoms with Crippen molar-refractivity contribution in [2.75, 3.05) is 0 Å². The van der Waals surface area contributed by atoms with Crippen molar-refractivity contribution in [3.63, 3.8) is 0 Å². The van der Waals surface area contributed by atoms with Crippen LogP contribution < -0.4 is 0 Å². The van der Waals surface area contributed by atoms with Gasteiger partial charge in [-0.1, -0.05) is 93.1 Å². The topological polar surface area (TPSA) is 60.7 Å². The second-order valence-corrected chi connectivity index (χ2v) is 10.3. The van der Waals surface area contributed by atoms with E-state index in [1.807, 2.05) is 37.3 Å². The fourth-order valence-corrected chi connectivity index (χ4v) is 5.76. The highest BCUT2D eigenvalue weighted by atomic mass is 16.3. The summed E-state index contributed by atoms with van der Waals surface area (Å²) in [4.78, 5) is 0. The summed E-state index contributed by atoms with van der Waals surface area (Å²) in [5.74, 6) is 2.24. The normalized spacial score (nSPS) is 16.9. The quantitative estimate of drug-likeness (QED) is 0.357. The molecule has 0 saturated heterocycles. The molecule has 2 saturated carbocycles. The van der Waals surface area contributed by atoms with Crippen molar-refractivity contribution in [1.82, 2.24) is 0 Å². The van der Waals surface area contributed by atoms with Crippen LogP contribution >= 0.6 is 0 Å². The number of aromatic hydroxyl groups is 3. The Kier molecular flexibility index (Phi) is 8.74. The summed E-state index contributed by atoms with van der Waals surface area (Å²) in [7, 11) is 0. The van der Waals surface area contributed by atoms with E-state index in [1.165, 1.54) is 64.2 Å². The highest BCUT2D eigenvalue weighted by Gasteiger charge is 2.22. The second-order valence-electron chi connectivity index (χ2n) is 10.3. The number of phenolic OH excluding ortho intramolecular Hbond substituents is 3. The van der Waals surface area contributed by atoms with Crippen molar-refractivity contribution in [2.24, 2.45) is 0 Å². The highest BCUT2D eigenvalue weighted by Crippen LogP contribution is 2.41. The zero-order valence-corrected chi connectivity index (χ0v) is 21.0. The molecular formula is C32H40O3. The van der Waals surface area contributed by atoms with Crippen LogP contribution in [0.3, 0.4) is 0 Å². The predicted molar refractivity (Wildman–Crippen MR) is 144 cm³/mol. The lowest BCUT2D eigenvalue weighted by atomic mass is 9.81. The number of benzene rings is 3. The molecule has 0 atom stereocenters. The van der Waals surface area contributed by atoms with Crippen molar-refractivity contribution in [3.05, 3.63) is 88.5 Å². The first-order valence-electron chi connectivity index (χ1n) is 13.4. The first-order valence-corrected chi connectivity index (χ1v) is 13.4. The molecule has 3 aromatic carbocycles. The summed E-state index contributed by atoms with van der Waals surface area (Å²) in [6.45, 7) is 1.87. The average Bonchev–Trinajstić information content (AvgIpc) is 2.90. The summed E-state index contributed by atoms with van der Waals surface area (Å²) in [6.07, 6.45) is 13.0. The first-order chi connectivity index (χ1) is 17.0. The summed E-state index contributed by atoms with van der Waals surface area (Å²) in [6, 6.07) is 19.6. The molecular weight excluding hydrogens is 432 g/mol. The number of hydrogen-bond acceptors (Lipinski definition) is 3. The molecule has 0 heterocycles. The molecule has 186 valence electrons. The maximum atomic E-state index is 10.9. The van der Waals surface area contributed by atoms with Crippen LogP contribution in [0.25, 0.3) is 0 Å². The van der Waals surface area contributed by atoms with Crippen LogP contribution in [-0.2, 0) is 6.42 Å². The van der Waals surface area contributed by atoms with Gasteiger partial charge in [-0.05, 0) is 78.3 Å². The minimum atomic E-state index is 0.368. The summed E-state index contributed by atoms with van der Waals surface area (Å²) < 4.78 is 0. The monoisotopic (exact) mass is 472 g/mol. The average molecular weight is 473 g/mol. The standard InChI is InChI=1S/C25H32O2.C7H8O/c26-24-20(13-7-15-22(24)18-9-3-1-4-10-18)17-21-14-8-16-23(25(21)27)19-11-5-2-6-12-19;1-6-4-2-3-5-7(6)8/h7-8,13-16,18-19,26-27H,1-6,9-12,17H2;2-5,8H,1H3. The van der Waals surface area contributed by atoms with Gasteiger partial charge in [-0.3, -0.25) is 0 Å². The number of para-hydroxylation sites is 3. The largest absolute Gasteiger partial charge is 0.508 e. The van der Waals surface area contributed by atoms with Gasteiger partial charge in [0.05, 0.1) is 0 Å². The molecule has 0 aromatic heterocycles. The van der Waals surface area contributed by atoms with Gasteiger partial charge in [0.2, 0.25) is 0 Å². The summed E-state index contributed by atoms with van der Waals surface area (Å²) in [5, 5.41) is 30.8. The van der Waals surface area contributed by atoms with E-state index in [1.54, 1.807) is 6.07 Å². The maximum Gasteiger partial charge on any atom is 0.122 e. The highest BCUT2D eigenvalue weighted by molar-refractivity contribution is 5.49. The fraction of sp³-hybridized carbons (Fsp3) is 0.438. The molecule has 0 spiro atoms. The van der Waals surface area contributed by atoms with Crippen LogP contribution in [0, 0.1) is 6.92 Å². The Morgan fingerprint density at radius 3 is 1.43 bits per heavy atom. The van der Waals surface area contributed by atoms with Gasteiger partial charge >= 0.3 is 0 Å². The molecule has 35 heavy (non-hydrogen) atoms. The lowest BCUT2D eigenvalue weighted by Crippen LogP contribution is -2.07. The number of hydrogen-bond donors (Lipinski definition) is 3. The molecule has 3 N–H and O–H groups in total. The third kappa shape index (κ3) is 6.39. The Morgan fingerprint density at radius 1 is 0.571 bits per heavy atom. The van der Waals surface area contributed by atoms with Gasteiger partial charge in [-0.15, -0.1) is 0 Å². The molecule has 0 aliphatic heterocycles. The summed E-state index contributed by atoms with van der Waals surface area (Å²) in [5.41, 5.74) is 5.01. The molecule has 0 bridgehead atoms. The molecule has 3 aromatic rings. The van der Waals surface area contributed by atoms with Crippen LogP contribution in [0.1, 0.15) is 104 Å². The van der Waals surface area contributed by atoms with E-state index >= 15 is 0 Å². The zero-order valence-electron chi connectivity index (χ0n) is 21.0. The van der Waals surface area contributed by atoms with Gasteiger partial charge in [-0.25, -0.2) is 0 Å². The van der Waals surface area contributed by atoms with E-state index in [9.17, 15) is 10.2 Å². The zero-order chi connectivity index (χ0) is 24.6. The molecule has 0 unspecified atom stereocenters. The van der Waals surface area contributed by atoms with Crippen molar-refractivity contribution in [2.45, 2.75) is 89.4 Å². The van der Waals surface area contributed by atoms with Crippen molar-refractivity contribution in [3.8, 4) is 17.2 Å². The van der Waals surface area contributed by atoms with Crippen LogP contribution in [0.4, 0.5) is 0 Å². The lowest BCUT2D eigenvalue weighted by Gasteiger charge is -2.25. The number of rotatable bonds is 4. The Hall–Kier alpha value is -2.94. The minimum Gasteiger partial charge on any atom is -0.508 e. The van der Waals surface area contributed by atoms with Crippen molar-refractivity contribution >= 4 is 0 Å². The van der Waals surface area contributed by atoms with Gasteiger partial charge in [0.15, 0.2) is 0 Å². The Morgan fingerprint density at radius 2 is 1.03 bits per heavy atom. The van der Waals surface area contributed by atoms with Crippen LogP contribution in [-0.4, -0.2) is 15.3 Å². The summed E-state index contributed by atoms with van der Waals surface area (Å²) >= 11 is 0. The Bertz CT molecular complexity index is 1010. The molecule has 2 fully saturated rings.